The lowest BCUT2D eigenvalue weighted by Crippen LogP contribution is -2.34. The molecule has 2 aromatic carbocycles. The summed E-state index contributed by atoms with van der Waals surface area (Å²) in [6.45, 7) is 3.38. The summed E-state index contributed by atoms with van der Waals surface area (Å²) in [5.41, 5.74) is 1.05. The van der Waals surface area contributed by atoms with Crippen molar-refractivity contribution in [2.45, 2.75) is 24.8 Å². The van der Waals surface area contributed by atoms with E-state index in [4.69, 9.17) is 0 Å². The number of benzene rings is 2. The zero-order chi connectivity index (χ0) is 19.3. The summed E-state index contributed by atoms with van der Waals surface area (Å²) in [5, 5.41) is 2.64. The summed E-state index contributed by atoms with van der Waals surface area (Å²) in [6, 6.07) is 9.80. The monoisotopic (exact) mass is 396 g/mol. The predicted octanol–water partition coefficient (Wildman–Crippen LogP) is 3.42. The lowest BCUT2D eigenvalue weighted by atomic mass is 10.2. The van der Waals surface area contributed by atoms with Gasteiger partial charge in [-0.2, -0.15) is 11.8 Å². The number of hydrogen-bond acceptors (Lipinski definition) is 4. The summed E-state index contributed by atoms with van der Waals surface area (Å²) in [5.74, 6) is -0.185. The maximum absolute atomic E-state index is 13.3. The van der Waals surface area contributed by atoms with Gasteiger partial charge in [-0.05, 0) is 62.1 Å². The zero-order valence-corrected chi connectivity index (χ0v) is 16.4. The molecule has 0 aliphatic rings. The third kappa shape index (κ3) is 5.30. The number of amides is 1. The summed E-state index contributed by atoms with van der Waals surface area (Å²) in [6.07, 6.45) is 1.90. The lowest BCUT2D eigenvalue weighted by Gasteiger charge is -2.13. The molecule has 0 unspecified atom stereocenters. The Bertz CT molecular complexity index is 901. The second-order valence-corrected chi connectivity index (χ2v) is 8.55. The Kier molecular flexibility index (Phi) is 6.80. The first-order chi connectivity index (χ1) is 12.2. The molecule has 2 N–H and O–H groups in total. The minimum absolute atomic E-state index is 0.0217. The van der Waals surface area contributed by atoms with Gasteiger partial charge in [0, 0.05) is 23.0 Å². The van der Waals surface area contributed by atoms with Crippen LogP contribution < -0.4 is 10.0 Å². The van der Waals surface area contributed by atoms with Gasteiger partial charge in [0.05, 0.1) is 4.90 Å². The molecule has 8 heteroatoms. The molecular formula is C18H21FN2O3S2. The number of aryl methyl sites for hydroxylation is 1. The van der Waals surface area contributed by atoms with Crippen LogP contribution in [0.25, 0.3) is 0 Å². The summed E-state index contributed by atoms with van der Waals surface area (Å²) in [7, 11) is -3.72. The van der Waals surface area contributed by atoms with E-state index in [9.17, 15) is 17.6 Å². The molecule has 0 bridgehead atoms. The molecule has 0 aliphatic heterocycles. The molecule has 5 nitrogen and oxygen atoms in total. The second-order valence-electron chi connectivity index (χ2n) is 5.92. The molecule has 0 radical (unpaired) electrons. The van der Waals surface area contributed by atoms with Gasteiger partial charge in [0.2, 0.25) is 10.0 Å². The lowest BCUT2D eigenvalue weighted by molar-refractivity contribution is 0.102. The Morgan fingerprint density at radius 2 is 1.96 bits per heavy atom. The van der Waals surface area contributed by atoms with Gasteiger partial charge in [-0.25, -0.2) is 17.5 Å². The first-order valence-electron chi connectivity index (χ1n) is 7.92. The van der Waals surface area contributed by atoms with Crippen molar-refractivity contribution in [1.29, 1.82) is 0 Å². The maximum Gasteiger partial charge on any atom is 0.255 e. The maximum atomic E-state index is 13.3. The van der Waals surface area contributed by atoms with Gasteiger partial charge in [-0.3, -0.25) is 4.79 Å². The number of hydrogen-bond donors (Lipinski definition) is 2. The molecule has 2 aromatic rings. The summed E-state index contributed by atoms with van der Waals surface area (Å²) in [4.78, 5) is 12.4. The van der Waals surface area contributed by atoms with Crippen LogP contribution in [-0.4, -0.2) is 32.4 Å². The molecule has 0 saturated carbocycles. The highest BCUT2D eigenvalue weighted by Gasteiger charge is 2.19. The van der Waals surface area contributed by atoms with Crippen LogP contribution in [0, 0.1) is 12.7 Å². The van der Waals surface area contributed by atoms with Crippen molar-refractivity contribution in [3.8, 4) is 0 Å². The van der Waals surface area contributed by atoms with Gasteiger partial charge >= 0.3 is 0 Å². The van der Waals surface area contributed by atoms with Gasteiger partial charge in [-0.15, -0.1) is 0 Å². The third-order valence-corrected chi connectivity index (χ3v) is 6.02. The van der Waals surface area contributed by atoms with Crippen molar-refractivity contribution < 1.29 is 17.6 Å². The van der Waals surface area contributed by atoms with Gasteiger partial charge < -0.3 is 5.32 Å². The van der Waals surface area contributed by atoms with Gasteiger partial charge in [-0.1, -0.05) is 6.07 Å². The van der Waals surface area contributed by atoms with Crippen LogP contribution in [0.4, 0.5) is 10.1 Å². The summed E-state index contributed by atoms with van der Waals surface area (Å²) >= 11 is 1.54. The van der Waals surface area contributed by atoms with Crippen molar-refractivity contribution in [3.05, 3.63) is 59.4 Å². The van der Waals surface area contributed by atoms with Crippen molar-refractivity contribution in [2.75, 3.05) is 17.3 Å². The molecule has 1 atom stereocenters. The van der Waals surface area contributed by atoms with E-state index in [0.29, 0.717) is 17.0 Å². The Labute approximate surface area is 157 Å². The fourth-order valence-electron chi connectivity index (χ4n) is 2.35. The molecule has 0 fully saturated rings. The van der Waals surface area contributed by atoms with E-state index in [1.165, 1.54) is 54.2 Å². The molecule has 140 valence electrons. The summed E-state index contributed by atoms with van der Waals surface area (Å²) < 4.78 is 40.8. The van der Waals surface area contributed by atoms with Crippen molar-refractivity contribution >= 4 is 33.4 Å². The average molecular weight is 397 g/mol. The van der Waals surface area contributed by atoms with E-state index in [0.717, 1.165) is 0 Å². The van der Waals surface area contributed by atoms with Crippen molar-refractivity contribution in [3.63, 3.8) is 0 Å². The minimum Gasteiger partial charge on any atom is -0.322 e. The highest BCUT2D eigenvalue weighted by molar-refractivity contribution is 7.98. The highest BCUT2D eigenvalue weighted by atomic mass is 32.2. The van der Waals surface area contributed by atoms with Crippen molar-refractivity contribution in [2.24, 2.45) is 0 Å². The number of rotatable bonds is 7. The van der Waals surface area contributed by atoms with E-state index >= 15 is 0 Å². The van der Waals surface area contributed by atoms with Crippen LogP contribution >= 0.6 is 11.8 Å². The van der Waals surface area contributed by atoms with E-state index in [2.05, 4.69) is 10.0 Å². The fourth-order valence-corrected chi connectivity index (χ4v) is 4.32. The van der Waals surface area contributed by atoms with Crippen LogP contribution in [0.1, 0.15) is 22.8 Å². The van der Waals surface area contributed by atoms with E-state index < -0.39 is 15.9 Å². The van der Waals surface area contributed by atoms with Gasteiger partial charge in [0.1, 0.15) is 5.82 Å². The van der Waals surface area contributed by atoms with E-state index in [1.807, 2.05) is 6.26 Å². The molecular weight excluding hydrogens is 375 g/mol. The van der Waals surface area contributed by atoms with Crippen LogP contribution in [0.5, 0.6) is 0 Å². The van der Waals surface area contributed by atoms with Crippen LogP contribution in [-0.2, 0) is 10.0 Å². The molecule has 0 spiro atoms. The standard InChI is InChI=1S/C18H21FN2O3S2/c1-12-9-15(7-8-17(12)19)20-18(22)14-5-4-6-16(10-14)26(23,24)21-13(2)11-25-3/h4-10,13,21H,11H2,1-3H3,(H,20,22)/t13-/m1/s1. The molecule has 2 rings (SSSR count). The molecule has 0 heterocycles. The average Bonchev–Trinajstić information content (AvgIpc) is 2.58. The SMILES string of the molecule is CSC[C@@H](C)NS(=O)(=O)c1cccc(C(=O)Nc2ccc(F)c(C)c2)c1. The first kappa shape index (κ1) is 20.4. The first-order valence-corrected chi connectivity index (χ1v) is 10.8. The Hall–Kier alpha value is -1.90. The number of sulfonamides is 1. The number of carbonyl (C=O) groups is 1. The topological polar surface area (TPSA) is 75.3 Å². The third-order valence-electron chi connectivity index (χ3n) is 3.60. The Balaban J connectivity index is 2.19. The van der Waals surface area contributed by atoms with E-state index in [-0.39, 0.29) is 22.3 Å². The van der Waals surface area contributed by atoms with E-state index in [1.54, 1.807) is 13.8 Å². The molecule has 0 saturated heterocycles. The smallest absolute Gasteiger partial charge is 0.255 e. The molecule has 0 aromatic heterocycles. The normalized spacial score (nSPS) is 12.6. The van der Waals surface area contributed by atoms with Crippen LogP contribution in [0.15, 0.2) is 47.4 Å². The molecule has 1 amide bonds. The van der Waals surface area contributed by atoms with Gasteiger partial charge in [0.15, 0.2) is 0 Å². The number of nitrogens with one attached hydrogen (secondary N) is 2. The van der Waals surface area contributed by atoms with Crippen LogP contribution in [0.2, 0.25) is 0 Å². The van der Waals surface area contributed by atoms with Gasteiger partial charge in [0.25, 0.3) is 5.91 Å². The minimum atomic E-state index is -3.72. The number of carbonyl (C=O) groups excluding carboxylic acids is 1. The largest absolute Gasteiger partial charge is 0.322 e. The quantitative estimate of drug-likeness (QED) is 0.752. The predicted molar refractivity (Wildman–Crippen MR) is 104 cm³/mol. The number of thioether (sulfide) groups is 1. The number of halogens is 1. The number of anilines is 1. The zero-order valence-electron chi connectivity index (χ0n) is 14.7. The fraction of sp³-hybridized carbons (Fsp3) is 0.278. The Morgan fingerprint density at radius 1 is 1.23 bits per heavy atom. The highest BCUT2D eigenvalue weighted by Crippen LogP contribution is 2.17. The van der Waals surface area contributed by atoms with Crippen molar-refractivity contribution in [1.82, 2.24) is 4.72 Å². The van der Waals surface area contributed by atoms with Crippen LogP contribution in [0.3, 0.4) is 0 Å². The molecule has 26 heavy (non-hydrogen) atoms. The molecule has 0 aliphatic carbocycles. The second kappa shape index (κ2) is 8.66. The Morgan fingerprint density at radius 3 is 2.62 bits per heavy atom.